The molecule has 0 bridgehead atoms. The van der Waals surface area contributed by atoms with E-state index in [1.807, 2.05) is 6.92 Å². The Labute approximate surface area is 251 Å². The van der Waals surface area contributed by atoms with Crippen LogP contribution in [0.2, 0.25) is 0 Å². The van der Waals surface area contributed by atoms with Crippen molar-refractivity contribution in [3.63, 3.8) is 0 Å². The number of aliphatic hydroxyl groups is 1. The molecule has 2 fully saturated rings. The van der Waals surface area contributed by atoms with E-state index >= 15 is 0 Å². The van der Waals surface area contributed by atoms with E-state index in [4.69, 9.17) is 0 Å². The van der Waals surface area contributed by atoms with E-state index in [9.17, 15) is 33.9 Å². The molecule has 0 saturated carbocycles. The first-order valence-corrected chi connectivity index (χ1v) is 14.9. The summed E-state index contributed by atoms with van der Waals surface area (Å²) in [7, 11) is 0. The van der Waals surface area contributed by atoms with Gasteiger partial charge >= 0.3 is 0 Å². The van der Waals surface area contributed by atoms with E-state index in [0.29, 0.717) is 25.8 Å². The number of carbonyl (C=O) groups excluding carboxylic acids is 6. The van der Waals surface area contributed by atoms with Crippen molar-refractivity contribution in [3.05, 3.63) is 35.9 Å². The standard InChI is InChI=1S/C30H44N6O7/c1-5-18(4)25-30(43)33-21(16-37)27(40)32-20(14-19-10-7-6-8-11-19)26(39)34-24(17(2)3)29(42)31-15-23(38)36-13-9-12-22(36)28(41)35-25/h6-8,10-11,17-18,20-22,24-25,37H,5,9,12-16H2,1-4H3,(H,31,42)(H,32,40)(H,33,43)(H,34,39)(H,35,41)/t18-,20-,21-,22-,24-,25-/m0/s1. The van der Waals surface area contributed by atoms with Crippen molar-refractivity contribution in [1.82, 2.24) is 31.5 Å². The van der Waals surface area contributed by atoms with Crippen molar-refractivity contribution in [2.24, 2.45) is 11.8 Å². The molecule has 6 amide bonds. The van der Waals surface area contributed by atoms with Crippen LogP contribution in [-0.4, -0.2) is 95.4 Å². The predicted octanol–water partition coefficient (Wildman–Crippen LogP) is -1.02. The van der Waals surface area contributed by atoms with E-state index in [-0.39, 0.29) is 24.8 Å². The molecule has 236 valence electrons. The van der Waals surface area contributed by atoms with Crippen molar-refractivity contribution in [2.45, 2.75) is 83.6 Å². The molecule has 1 aromatic rings. The molecule has 2 aliphatic heterocycles. The van der Waals surface area contributed by atoms with E-state index in [0.717, 1.165) is 5.56 Å². The molecule has 0 unspecified atom stereocenters. The SMILES string of the molecule is CC[C@H](C)[C@@H]1NC(=O)[C@@H]2CCCN2C(=O)CNC(=O)[C@H](C(C)C)NC(=O)[C@H](Cc2ccccc2)NC(=O)[C@H](CO)NC1=O. The molecule has 2 heterocycles. The zero-order valence-electron chi connectivity index (χ0n) is 25.2. The summed E-state index contributed by atoms with van der Waals surface area (Å²) in [6, 6.07) is 3.42. The average molecular weight is 601 g/mol. The summed E-state index contributed by atoms with van der Waals surface area (Å²) < 4.78 is 0. The highest BCUT2D eigenvalue weighted by Crippen LogP contribution is 2.19. The van der Waals surface area contributed by atoms with Crippen LogP contribution >= 0.6 is 0 Å². The molecule has 13 nitrogen and oxygen atoms in total. The lowest BCUT2D eigenvalue weighted by molar-refractivity contribution is -0.141. The molecule has 13 heteroatoms. The molecule has 2 saturated heterocycles. The second-order valence-corrected chi connectivity index (χ2v) is 11.6. The first-order valence-electron chi connectivity index (χ1n) is 14.9. The first kappa shape index (κ1) is 33.5. The normalized spacial score (nSPS) is 27.2. The van der Waals surface area contributed by atoms with Crippen molar-refractivity contribution < 1.29 is 33.9 Å². The van der Waals surface area contributed by atoms with Crippen molar-refractivity contribution >= 4 is 35.4 Å². The summed E-state index contributed by atoms with van der Waals surface area (Å²) in [6.07, 6.45) is 1.54. The third-order valence-corrected chi connectivity index (χ3v) is 8.06. The number of nitrogens with one attached hydrogen (secondary N) is 5. The van der Waals surface area contributed by atoms with Gasteiger partial charge in [-0.3, -0.25) is 28.8 Å². The number of fused-ring (bicyclic) bond motifs is 1. The van der Waals surface area contributed by atoms with E-state index < -0.39 is 72.3 Å². The molecule has 0 aliphatic carbocycles. The van der Waals surface area contributed by atoms with Crippen molar-refractivity contribution in [2.75, 3.05) is 19.7 Å². The van der Waals surface area contributed by atoms with Crippen LogP contribution in [0.25, 0.3) is 0 Å². The van der Waals surface area contributed by atoms with Crippen LogP contribution in [0.3, 0.4) is 0 Å². The van der Waals surface area contributed by atoms with Crippen LogP contribution in [0.15, 0.2) is 30.3 Å². The minimum Gasteiger partial charge on any atom is -0.394 e. The number of aliphatic hydroxyl groups excluding tert-OH is 1. The van der Waals surface area contributed by atoms with Crippen LogP contribution in [0.1, 0.15) is 52.5 Å². The molecule has 6 atom stereocenters. The van der Waals surface area contributed by atoms with E-state index in [1.165, 1.54) is 4.90 Å². The second kappa shape index (κ2) is 15.5. The minimum atomic E-state index is -1.42. The summed E-state index contributed by atoms with van der Waals surface area (Å²) in [4.78, 5) is 81.3. The highest BCUT2D eigenvalue weighted by atomic mass is 16.3. The van der Waals surface area contributed by atoms with Crippen LogP contribution in [0.4, 0.5) is 0 Å². The molecule has 6 N–H and O–H groups in total. The van der Waals surface area contributed by atoms with Crippen molar-refractivity contribution in [1.29, 1.82) is 0 Å². The Balaban J connectivity index is 1.97. The zero-order valence-corrected chi connectivity index (χ0v) is 25.2. The molecule has 3 rings (SSSR count). The predicted molar refractivity (Wildman–Crippen MR) is 157 cm³/mol. The smallest absolute Gasteiger partial charge is 0.245 e. The Morgan fingerprint density at radius 3 is 2.07 bits per heavy atom. The molecule has 0 aromatic heterocycles. The Morgan fingerprint density at radius 1 is 0.814 bits per heavy atom. The Kier molecular flexibility index (Phi) is 12.0. The van der Waals surface area contributed by atoms with Gasteiger partial charge in [-0.25, -0.2) is 0 Å². The molecule has 2 aliphatic rings. The second-order valence-electron chi connectivity index (χ2n) is 11.6. The highest BCUT2D eigenvalue weighted by molar-refractivity contribution is 5.98. The van der Waals surface area contributed by atoms with Gasteiger partial charge in [-0.05, 0) is 30.2 Å². The fourth-order valence-corrected chi connectivity index (χ4v) is 5.24. The molecular weight excluding hydrogens is 556 g/mol. The zero-order chi connectivity index (χ0) is 31.7. The van der Waals surface area contributed by atoms with Crippen LogP contribution < -0.4 is 26.6 Å². The van der Waals surface area contributed by atoms with Gasteiger partial charge in [0, 0.05) is 13.0 Å². The fourth-order valence-electron chi connectivity index (χ4n) is 5.24. The number of rotatable bonds is 6. The van der Waals surface area contributed by atoms with E-state index in [2.05, 4.69) is 26.6 Å². The average Bonchev–Trinajstić information content (AvgIpc) is 3.49. The summed E-state index contributed by atoms with van der Waals surface area (Å²) >= 11 is 0. The molecule has 1 aromatic carbocycles. The number of amides is 6. The maximum Gasteiger partial charge on any atom is 0.245 e. The number of nitrogens with zero attached hydrogens (tertiary/aromatic N) is 1. The van der Waals surface area contributed by atoms with E-state index in [1.54, 1.807) is 51.1 Å². The Morgan fingerprint density at radius 2 is 1.44 bits per heavy atom. The third-order valence-electron chi connectivity index (χ3n) is 8.06. The van der Waals surface area contributed by atoms with Gasteiger partial charge in [0.05, 0.1) is 13.2 Å². The number of benzene rings is 1. The minimum absolute atomic E-state index is 0.0668. The lowest BCUT2D eigenvalue weighted by Gasteiger charge is -2.31. The lowest BCUT2D eigenvalue weighted by atomic mass is 9.97. The van der Waals surface area contributed by atoms with Gasteiger partial charge in [0.25, 0.3) is 0 Å². The van der Waals surface area contributed by atoms with Gasteiger partial charge in [0.2, 0.25) is 35.4 Å². The maximum absolute atomic E-state index is 13.5. The summed E-state index contributed by atoms with van der Waals surface area (Å²) in [6.45, 7) is 6.25. The Bertz CT molecular complexity index is 1180. The highest BCUT2D eigenvalue weighted by Gasteiger charge is 2.38. The summed E-state index contributed by atoms with van der Waals surface area (Å²) in [5.41, 5.74) is 0.727. The Hall–Kier alpha value is -4.00. The topological polar surface area (TPSA) is 186 Å². The van der Waals surface area contributed by atoms with Crippen molar-refractivity contribution in [3.8, 4) is 0 Å². The van der Waals surface area contributed by atoms with Gasteiger partial charge in [-0.2, -0.15) is 0 Å². The largest absolute Gasteiger partial charge is 0.394 e. The van der Waals surface area contributed by atoms with Crippen LogP contribution in [0, 0.1) is 11.8 Å². The lowest BCUT2D eigenvalue weighted by Crippen LogP contribution is -2.62. The quantitative estimate of drug-likeness (QED) is 0.241. The summed E-state index contributed by atoms with van der Waals surface area (Å²) in [5.74, 6) is -4.40. The third kappa shape index (κ3) is 8.76. The number of carbonyl (C=O) groups is 6. The number of hydrogen-bond acceptors (Lipinski definition) is 7. The monoisotopic (exact) mass is 600 g/mol. The van der Waals surface area contributed by atoms with Crippen LogP contribution in [-0.2, 0) is 35.2 Å². The van der Waals surface area contributed by atoms with Gasteiger partial charge in [0.1, 0.15) is 30.2 Å². The molecule has 0 spiro atoms. The maximum atomic E-state index is 13.5. The molecule has 0 radical (unpaired) electrons. The molecular formula is C30H44N6O7. The molecule has 43 heavy (non-hydrogen) atoms. The van der Waals surface area contributed by atoms with Gasteiger partial charge in [0.15, 0.2) is 0 Å². The van der Waals surface area contributed by atoms with Crippen LogP contribution in [0.5, 0.6) is 0 Å². The van der Waals surface area contributed by atoms with Gasteiger partial charge < -0.3 is 36.6 Å². The van der Waals surface area contributed by atoms with Gasteiger partial charge in [-0.1, -0.05) is 64.4 Å². The fraction of sp³-hybridized carbons (Fsp3) is 0.600. The number of hydrogen-bond donors (Lipinski definition) is 6. The summed E-state index contributed by atoms with van der Waals surface area (Å²) in [5, 5.41) is 23.2. The first-order chi connectivity index (χ1) is 20.5. The van der Waals surface area contributed by atoms with Gasteiger partial charge in [-0.15, -0.1) is 0 Å².